The van der Waals surface area contributed by atoms with Crippen LogP contribution in [-0.4, -0.2) is 69.7 Å². The van der Waals surface area contributed by atoms with E-state index in [0.29, 0.717) is 17.1 Å². The lowest BCUT2D eigenvalue weighted by atomic mass is 10.2. The van der Waals surface area contributed by atoms with E-state index in [2.05, 4.69) is 23.8 Å². The number of amides is 2. The van der Waals surface area contributed by atoms with Crippen LogP contribution in [0.5, 0.6) is 11.5 Å². The van der Waals surface area contributed by atoms with E-state index < -0.39 is 30.2 Å². The molecule has 0 aliphatic carbocycles. The molecule has 42 heavy (non-hydrogen) atoms. The molecule has 2 aromatic rings. The molecule has 0 aliphatic heterocycles. The summed E-state index contributed by atoms with van der Waals surface area (Å²) in [6, 6.07) is 15.9. The van der Waals surface area contributed by atoms with Crippen LogP contribution >= 0.6 is 0 Å². The summed E-state index contributed by atoms with van der Waals surface area (Å²) in [5, 5.41) is 4.99. The molecule has 0 aliphatic rings. The van der Waals surface area contributed by atoms with Gasteiger partial charge in [-0.05, 0) is 32.0 Å². The van der Waals surface area contributed by atoms with Crippen molar-refractivity contribution < 1.29 is 47.6 Å². The van der Waals surface area contributed by atoms with E-state index in [0.717, 1.165) is 0 Å². The standard InChI is InChI=1S/C30H36N2O10/c1-21(2)27(33)37-16-14-31-29(35)41-18-23-10-8-9-13-26(23)40-20-25(19-39-24-11-6-5-7-12-24)42-30(36)32-15-17-38-28(34)22(3)4/h5-13,25H,1,3,14-20H2,2,4H3,(H,31,35)(H,32,36). The van der Waals surface area contributed by atoms with Crippen LogP contribution in [0.3, 0.4) is 0 Å². The van der Waals surface area contributed by atoms with Gasteiger partial charge in [-0.3, -0.25) is 0 Å². The molecule has 0 spiro atoms. The Kier molecular flexibility index (Phi) is 14.5. The van der Waals surface area contributed by atoms with E-state index in [-0.39, 0.29) is 57.3 Å². The van der Waals surface area contributed by atoms with Crippen molar-refractivity contribution in [3.8, 4) is 11.5 Å². The van der Waals surface area contributed by atoms with Crippen LogP contribution in [0.2, 0.25) is 0 Å². The highest BCUT2D eigenvalue weighted by Crippen LogP contribution is 2.20. The van der Waals surface area contributed by atoms with Crippen molar-refractivity contribution in [1.82, 2.24) is 10.6 Å². The highest BCUT2D eigenvalue weighted by atomic mass is 16.6. The first-order valence-electron chi connectivity index (χ1n) is 13.0. The quantitative estimate of drug-likeness (QED) is 0.122. The van der Waals surface area contributed by atoms with Crippen molar-refractivity contribution in [2.75, 3.05) is 39.5 Å². The Bertz CT molecular complexity index is 1220. The zero-order valence-corrected chi connectivity index (χ0v) is 23.7. The number of ether oxygens (including phenoxy) is 6. The van der Waals surface area contributed by atoms with E-state index in [9.17, 15) is 19.2 Å². The smallest absolute Gasteiger partial charge is 0.407 e. The van der Waals surface area contributed by atoms with Gasteiger partial charge in [-0.25, -0.2) is 19.2 Å². The van der Waals surface area contributed by atoms with Gasteiger partial charge in [0, 0.05) is 16.7 Å². The molecule has 2 N–H and O–H groups in total. The highest BCUT2D eigenvalue weighted by Gasteiger charge is 2.18. The van der Waals surface area contributed by atoms with Gasteiger partial charge in [0.05, 0.1) is 13.1 Å². The predicted molar refractivity (Wildman–Crippen MR) is 152 cm³/mol. The summed E-state index contributed by atoms with van der Waals surface area (Å²) in [7, 11) is 0. The number of alkyl carbamates (subject to hydrolysis) is 2. The molecule has 1 atom stereocenters. The highest BCUT2D eigenvalue weighted by molar-refractivity contribution is 5.87. The number of para-hydroxylation sites is 2. The van der Waals surface area contributed by atoms with Crippen molar-refractivity contribution in [1.29, 1.82) is 0 Å². The first kappa shape index (κ1) is 33.2. The molecule has 0 saturated heterocycles. The summed E-state index contributed by atoms with van der Waals surface area (Å²) in [5.74, 6) is -0.125. The average Bonchev–Trinajstić information content (AvgIpc) is 2.98. The number of rotatable bonds is 17. The third kappa shape index (κ3) is 13.4. The Morgan fingerprint density at radius 2 is 1.26 bits per heavy atom. The molecule has 1 unspecified atom stereocenters. The Morgan fingerprint density at radius 1 is 0.714 bits per heavy atom. The first-order valence-corrected chi connectivity index (χ1v) is 13.0. The zero-order valence-electron chi connectivity index (χ0n) is 23.7. The van der Waals surface area contributed by atoms with E-state index in [1.165, 1.54) is 13.8 Å². The summed E-state index contributed by atoms with van der Waals surface area (Å²) in [4.78, 5) is 47.3. The Labute approximate surface area is 244 Å². The predicted octanol–water partition coefficient (Wildman–Crippen LogP) is 3.70. The summed E-state index contributed by atoms with van der Waals surface area (Å²) in [5.41, 5.74) is 1.07. The normalized spacial score (nSPS) is 10.8. The fraction of sp³-hybridized carbons (Fsp3) is 0.333. The van der Waals surface area contributed by atoms with Crippen LogP contribution in [0.25, 0.3) is 0 Å². The summed E-state index contributed by atoms with van der Waals surface area (Å²) in [6.07, 6.45) is -2.30. The van der Waals surface area contributed by atoms with Crippen LogP contribution in [-0.2, 0) is 35.1 Å². The maximum atomic E-state index is 12.4. The molecular formula is C30H36N2O10. The van der Waals surface area contributed by atoms with Gasteiger partial charge in [0.25, 0.3) is 0 Å². The Morgan fingerprint density at radius 3 is 1.88 bits per heavy atom. The molecule has 0 fully saturated rings. The van der Waals surface area contributed by atoms with Crippen LogP contribution in [0.1, 0.15) is 19.4 Å². The molecule has 0 radical (unpaired) electrons. The van der Waals surface area contributed by atoms with Gasteiger partial charge in [0.1, 0.15) is 44.5 Å². The number of carbonyl (C=O) groups is 4. The molecule has 2 aromatic carbocycles. The summed E-state index contributed by atoms with van der Waals surface area (Å²) < 4.78 is 32.2. The number of carbonyl (C=O) groups excluding carboxylic acids is 4. The minimum atomic E-state index is -0.831. The number of nitrogens with one attached hydrogen (secondary N) is 2. The fourth-order valence-corrected chi connectivity index (χ4v) is 3.00. The third-order valence-electron chi connectivity index (χ3n) is 5.11. The van der Waals surface area contributed by atoms with Gasteiger partial charge in [0.2, 0.25) is 0 Å². The molecule has 2 amide bonds. The van der Waals surface area contributed by atoms with Gasteiger partial charge < -0.3 is 39.1 Å². The van der Waals surface area contributed by atoms with Gasteiger partial charge >= 0.3 is 24.1 Å². The largest absolute Gasteiger partial charge is 0.490 e. The minimum absolute atomic E-state index is 0.0148. The lowest BCUT2D eigenvalue weighted by Crippen LogP contribution is -2.37. The molecule has 0 heterocycles. The number of benzene rings is 2. The molecule has 226 valence electrons. The SMILES string of the molecule is C=C(C)C(=O)OCCNC(=O)OCc1ccccc1OCC(COc1ccccc1)OC(=O)NCCOC(=O)C(=C)C. The molecule has 0 aromatic heterocycles. The lowest BCUT2D eigenvalue weighted by molar-refractivity contribution is -0.139. The fourth-order valence-electron chi connectivity index (χ4n) is 3.00. The summed E-state index contributed by atoms with van der Waals surface area (Å²) in [6.45, 7) is 9.83. The second-order valence-corrected chi connectivity index (χ2v) is 8.83. The maximum absolute atomic E-state index is 12.4. The van der Waals surface area contributed by atoms with E-state index >= 15 is 0 Å². The second-order valence-electron chi connectivity index (χ2n) is 8.83. The number of esters is 2. The van der Waals surface area contributed by atoms with Gasteiger partial charge in [-0.2, -0.15) is 0 Å². The first-order chi connectivity index (χ1) is 20.2. The van der Waals surface area contributed by atoms with Crippen molar-refractivity contribution in [2.24, 2.45) is 0 Å². The molecule has 12 heteroatoms. The van der Waals surface area contributed by atoms with Crippen molar-refractivity contribution in [2.45, 2.75) is 26.6 Å². The van der Waals surface area contributed by atoms with Gasteiger partial charge in [-0.15, -0.1) is 0 Å². The molecule has 2 rings (SSSR count). The average molecular weight is 585 g/mol. The van der Waals surface area contributed by atoms with Crippen molar-refractivity contribution in [3.05, 3.63) is 84.5 Å². The van der Waals surface area contributed by atoms with E-state index in [1.807, 2.05) is 18.2 Å². The second kappa shape index (κ2) is 18.4. The minimum Gasteiger partial charge on any atom is -0.490 e. The lowest BCUT2D eigenvalue weighted by Gasteiger charge is -2.20. The van der Waals surface area contributed by atoms with Gasteiger partial charge in [-0.1, -0.05) is 49.6 Å². The van der Waals surface area contributed by atoms with Gasteiger partial charge in [0.15, 0.2) is 6.10 Å². The van der Waals surface area contributed by atoms with Crippen LogP contribution in [0, 0.1) is 0 Å². The Hall–Kier alpha value is -5.00. The number of hydrogen-bond acceptors (Lipinski definition) is 10. The van der Waals surface area contributed by atoms with E-state index in [1.54, 1.807) is 36.4 Å². The molecule has 12 nitrogen and oxygen atoms in total. The van der Waals surface area contributed by atoms with Crippen molar-refractivity contribution >= 4 is 24.1 Å². The zero-order chi connectivity index (χ0) is 30.7. The topological polar surface area (TPSA) is 148 Å². The molecular weight excluding hydrogens is 548 g/mol. The van der Waals surface area contributed by atoms with Crippen LogP contribution in [0.4, 0.5) is 9.59 Å². The molecule has 0 bridgehead atoms. The Balaban J connectivity index is 1.89. The van der Waals surface area contributed by atoms with E-state index in [4.69, 9.17) is 28.4 Å². The maximum Gasteiger partial charge on any atom is 0.407 e. The monoisotopic (exact) mass is 584 g/mol. The van der Waals surface area contributed by atoms with Crippen LogP contribution < -0.4 is 20.1 Å². The molecule has 0 saturated carbocycles. The summed E-state index contributed by atoms with van der Waals surface area (Å²) >= 11 is 0. The number of hydrogen-bond donors (Lipinski definition) is 2. The van der Waals surface area contributed by atoms with Crippen molar-refractivity contribution in [3.63, 3.8) is 0 Å². The van der Waals surface area contributed by atoms with Crippen LogP contribution in [0.15, 0.2) is 78.9 Å². The third-order valence-corrected chi connectivity index (χ3v) is 5.11.